The molecule has 1 heterocycles. The van der Waals surface area contributed by atoms with Gasteiger partial charge in [0.05, 0.1) is 16.0 Å². The summed E-state index contributed by atoms with van der Waals surface area (Å²) in [4.78, 5) is 26.6. The van der Waals surface area contributed by atoms with E-state index in [2.05, 4.69) is 5.32 Å². The Morgan fingerprint density at radius 1 is 1.43 bits per heavy atom. The second-order valence-electron chi connectivity index (χ2n) is 6.27. The van der Waals surface area contributed by atoms with Crippen LogP contribution in [0.15, 0.2) is 18.2 Å². The van der Waals surface area contributed by atoms with Crippen molar-refractivity contribution in [3.8, 4) is 0 Å². The van der Waals surface area contributed by atoms with Crippen molar-refractivity contribution in [3.05, 3.63) is 34.6 Å². The van der Waals surface area contributed by atoms with Crippen LogP contribution in [0.25, 0.3) is 0 Å². The number of hydrogen-bond acceptors (Lipinski definition) is 2. The van der Waals surface area contributed by atoms with Gasteiger partial charge < -0.3 is 10.2 Å². The maximum absolute atomic E-state index is 13.1. The van der Waals surface area contributed by atoms with Crippen LogP contribution in [0.1, 0.15) is 43.5 Å². The number of likely N-dealkylation sites (tertiary alicyclic amines) is 1. The number of nitrogens with zero attached hydrogens (tertiary/aromatic N) is 1. The molecule has 4 nitrogen and oxygen atoms in total. The zero-order valence-corrected chi connectivity index (χ0v) is 14.3. The molecule has 0 radical (unpaired) electrons. The third-order valence-electron chi connectivity index (χ3n) is 4.23. The van der Waals surface area contributed by atoms with Crippen LogP contribution in [-0.4, -0.2) is 36.3 Å². The van der Waals surface area contributed by atoms with Crippen molar-refractivity contribution < 1.29 is 14.0 Å². The summed E-state index contributed by atoms with van der Waals surface area (Å²) in [5.41, 5.74) is -0.332. The summed E-state index contributed by atoms with van der Waals surface area (Å²) in [5, 5.41) is 3.00. The molecular weight excluding hydrogens is 319 g/mol. The smallest absolute Gasteiger partial charge is 0.255 e. The molecule has 1 atom stereocenters. The van der Waals surface area contributed by atoms with Crippen LogP contribution in [-0.2, 0) is 4.79 Å². The van der Waals surface area contributed by atoms with Crippen LogP contribution in [0.3, 0.4) is 0 Å². The Morgan fingerprint density at radius 2 is 2.17 bits per heavy atom. The summed E-state index contributed by atoms with van der Waals surface area (Å²) in [6, 6.07) is 3.74. The van der Waals surface area contributed by atoms with Gasteiger partial charge in [0.1, 0.15) is 5.82 Å². The van der Waals surface area contributed by atoms with E-state index >= 15 is 0 Å². The molecule has 6 heteroatoms. The van der Waals surface area contributed by atoms with E-state index in [1.807, 2.05) is 13.8 Å². The number of rotatable bonds is 4. The lowest BCUT2D eigenvalue weighted by Gasteiger charge is -2.39. The van der Waals surface area contributed by atoms with Gasteiger partial charge in [0, 0.05) is 19.6 Å². The molecule has 126 valence electrons. The molecule has 0 aliphatic carbocycles. The first kappa shape index (κ1) is 17.7. The van der Waals surface area contributed by atoms with Gasteiger partial charge in [0.25, 0.3) is 5.91 Å². The molecule has 1 aromatic carbocycles. The standard InChI is InChI=1S/C17H22ClFN2O2/c1-3-8-20-16(23)17(2)7-4-9-21(11-17)15(22)13-6-5-12(19)10-14(13)18/h5-6,10H,3-4,7-9,11H2,1-2H3,(H,20,23). The van der Waals surface area contributed by atoms with Crippen LogP contribution in [0.4, 0.5) is 4.39 Å². The second kappa shape index (κ2) is 7.30. The monoisotopic (exact) mass is 340 g/mol. The number of amides is 2. The van der Waals surface area contributed by atoms with Gasteiger partial charge in [0.15, 0.2) is 0 Å². The summed E-state index contributed by atoms with van der Waals surface area (Å²) in [5.74, 6) is -0.764. The van der Waals surface area contributed by atoms with Crippen LogP contribution in [0.2, 0.25) is 5.02 Å². The zero-order valence-electron chi connectivity index (χ0n) is 13.5. The molecule has 0 saturated carbocycles. The van der Waals surface area contributed by atoms with Gasteiger partial charge in [-0.25, -0.2) is 4.39 Å². The highest BCUT2D eigenvalue weighted by Gasteiger charge is 2.39. The number of halogens is 2. The molecule has 1 fully saturated rings. The minimum absolute atomic E-state index is 0.0259. The van der Waals surface area contributed by atoms with Crippen LogP contribution < -0.4 is 5.32 Å². The fraction of sp³-hybridized carbons (Fsp3) is 0.529. The van der Waals surface area contributed by atoms with Gasteiger partial charge in [-0.05, 0) is 44.4 Å². The Morgan fingerprint density at radius 3 is 2.83 bits per heavy atom. The number of hydrogen-bond donors (Lipinski definition) is 1. The quantitative estimate of drug-likeness (QED) is 0.914. The van der Waals surface area contributed by atoms with Crippen molar-refractivity contribution in [1.82, 2.24) is 10.2 Å². The van der Waals surface area contributed by atoms with Crippen LogP contribution in [0.5, 0.6) is 0 Å². The molecule has 2 rings (SSSR count). The first-order valence-corrected chi connectivity index (χ1v) is 8.28. The number of benzene rings is 1. The molecule has 1 saturated heterocycles. The average Bonchev–Trinajstić information content (AvgIpc) is 2.52. The molecule has 1 aliphatic rings. The number of carbonyl (C=O) groups excluding carboxylic acids is 2. The van der Waals surface area contributed by atoms with E-state index < -0.39 is 11.2 Å². The zero-order chi connectivity index (χ0) is 17.0. The van der Waals surface area contributed by atoms with E-state index in [1.165, 1.54) is 12.1 Å². The first-order chi connectivity index (χ1) is 10.9. The minimum Gasteiger partial charge on any atom is -0.356 e. The third kappa shape index (κ3) is 4.02. The third-order valence-corrected chi connectivity index (χ3v) is 4.54. The number of piperidine rings is 1. The molecule has 1 N–H and O–H groups in total. The number of carbonyl (C=O) groups is 2. The lowest BCUT2D eigenvalue weighted by atomic mass is 9.80. The largest absolute Gasteiger partial charge is 0.356 e. The molecule has 2 amide bonds. The molecule has 0 bridgehead atoms. The molecule has 1 unspecified atom stereocenters. The maximum atomic E-state index is 13.1. The molecule has 0 spiro atoms. The Hall–Kier alpha value is -1.62. The highest BCUT2D eigenvalue weighted by atomic mass is 35.5. The van der Waals surface area contributed by atoms with Gasteiger partial charge in [-0.15, -0.1) is 0 Å². The SMILES string of the molecule is CCCNC(=O)C1(C)CCCN(C(=O)c2ccc(F)cc2Cl)C1. The fourth-order valence-corrected chi connectivity index (χ4v) is 3.13. The normalized spacial score (nSPS) is 21.1. The van der Waals surface area contributed by atoms with E-state index in [1.54, 1.807) is 4.90 Å². The lowest BCUT2D eigenvalue weighted by Crippen LogP contribution is -2.52. The summed E-state index contributed by atoms with van der Waals surface area (Å²) in [7, 11) is 0. The molecule has 1 aliphatic heterocycles. The van der Waals surface area contributed by atoms with E-state index in [9.17, 15) is 14.0 Å². The van der Waals surface area contributed by atoms with Crippen molar-refractivity contribution in [1.29, 1.82) is 0 Å². The van der Waals surface area contributed by atoms with Gasteiger partial charge in [0.2, 0.25) is 5.91 Å². The second-order valence-corrected chi connectivity index (χ2v) is 6.68. The van der Waals surface area contributed by atoms with E-state index in [-0.39, 0.29) is 22.4 Å². The van der Waals surface area contributed by atoms with Crippen molar-refractivity contribution >= 4 is 23.4 Å². The van der Waals surface area contributed by atoms with Crippen LogP contribution >= 0.6 is 11.6 Å². The minimum atomic E-state index is -0.602. The predicted octanol–water partition coefficient (Wildman–Crippen LogP) is 3.25. The lowest BCUT2D eigenvalue weighted by molar-refractivity contribution is -0.132. The van der Waals surface area contributed by atoms with Gasteiger partial charge in [-0.2, -0.15) is 0 Å². The predicted molar refractivity (Wildman–Crippen MR) is 88.0 cm³/mol. The topological polar surface area (TPSA) is 49.4 Å². The van der Waals surface area contributed by atoms with Crippen molar-refractivity contribution in [3.63, 3.8) is 0 Å². The van der Waals surface area contributed by atoms with E-state index in [0.29, 0.717) is 19.6 Å². The molecule has 0 aromatic heterocycles. The highest BCUT2D eigenvalue weighted by molar-refractivity contribution is 6.33. The van der Waals surface area contributed by atoms with Gasteiger partial charge in [-0.1, -0.05) is 18.5 Å². The Kier molecular flexibility index (Phi) is 5.63. The fourth-order valence-electron chi connectivity index (χ4n) is 2.88. The number of nitrogens with one attached hydrogen (secondary N) is 1. The Balaban J connectivity index is 2.14. The molecule has 23 heavy (non-hydrogen) atoms. The molecule has 1 aromatic rings. The Bertz CT molecular complexity index is 608. The van der Waals surface area contributed by atoms with E-state index in [0.717, 1.165) is 25.3 Å². The van der Waals surface area contributed by atoms with Crippen LogP contribution in [0, 0.1) is 11.2 Å². The molecular formula is C17H22ClFN2O2. The van der Waals surface area contributed by atoms with E-state index in [4.69, 9.17) is 11.6 Å². The summed E-state index contributed by atoms with van der Waals surface area (Å²) >= 11 is 5.98. The highest BCUT2D eigenvalue weighted by Crippen LogP contribution is 2.31. The first-order valence-electron chi connectivity index (χ1n) is 7.90. The summed E-state index contributed by atoms with van der Waals surface area (Å²) < 4.78 is 13.1. The van der Waals surface area contributed by atoms with Gasteiger partial charge >= 0.3 is 0 Å². The maximum Gasteiger partial charge on any atom is 0.255 e. The van der Waals surface area contributed by atoms with Crippen molar-refractivity contribution in [2.75, 3.05) is 19.6 Å². The Labute approximate surface area is 141 Å². The van der Waals surface area contributed by atoms with Crippen molar-refractivity contribution in [2.45, 2.75) is 33.1 Å². The van der Waals surface area contributed by atoms with Gasteiger partial charge in [-0.3, -0.25) is 9.59 Å². The average molecular weight is 341 g/mol. The summed E-state index contributed by atoms with van der Waals surface area (Å²) in [6.45, 7) is 5.42. The summed E-state index contributed by atoms with van der Waals surface area (Å²) in [6.07, 6.45) is 2.36. The van der Waals surface area contributed by atoms with Crippen molar-refractivity contribution in [2.24, 2.45) is 5.41 Å².